The van der Waals surface area contributed by atoms with Gasteiger partial charge in [-0.25, -0.2) is 4.98 Å². The number of hydrogen-bond donors (Lipinski definition) is 2. The van der Waals surface area contributed by atoms with E-state index in [-0.39, 0.29) is 5.84 Å². The van der Waals surface area contributed by atoms with Gasteiger partial charge in [-0.15, -0.1) is 11.3 Å². The van der Waals surface area contributed by atoms with E-state index in [1.807, 2.05) is 29.6 Å². The van der Waals surface area contributed by atoms with Gasteiger partial charge in [-0.2, -0.15) is 0 Å². The summed E-state index contributed by atoms with van der Waals surface area (Å²) in [5.74, 6) is 0.0853. The smallest absolute Gasteiger partial charge is 0.122 e. The van der Waals surface area contributed by atoms with Gasteiger partial charge in [-0.3, -0.25) is 5.41 Å². The van der Waals surface area contributed by atoms with E-state index in [0.29, 0.717) is 0 Å². The predicted molar refractivity (Wildman–Crippen MR) is 58.6 cm³/mol. The highest BCUT2D eigenvalue weighted by Gasteiger charge is 2.01. The summed E-state index contributed by atoms with van der Waals surface area (Å²) in [7, 11) is 0. The number of nitrogen functional groups attached to an aromatic ring is 1. The summed E-state index contributed by atoms with van der Waals surface area (Å²) in [6.45, 7) is 0. The molecule has 0 aliphatic heterocycles. The van der Waals surface area contributed by atoms with E-state index >= 15 is 0 Å². The molecule has 4 heteroatoms. The molecule has 1 heterocycles. The van der Waals surface area contributed by atoms with Crippen LogP contribution in [0.5, 0.6) is 0 Å². The van der Waals surface area contributed by atoms with Crippen LogP contribution in [0.1, 0.15) is 5.56 Å². The number of amidine groups is 1. The molecule has 70 valence electrons. The van der Waals surface area contributed by atoms with Gasteiger partial charge < -0.3 is 5.73 Å². The molecule has 1 aromatic heterocycles. The molecular weight excluding hydrogens is 194 g/mol. The molecular formula is C10H9N3S. The Bertz CT molecular complexity index is 448. The molecule has 0 amide bonds. The molecule has 0 radical (unpaired) electrons. The van der Waals surface area contributed by atoms with Crippen LogP contribution in [0.3, 0.4) is 0 Å². The molecule has 0 saturated heterocycles. The van der Waals surface area contributed by atoms with Crippen LogP contribution in [0.15, 0.2) is 35.2 Å². The Labute approximate surface area is 85.7 Å². The van der Waals surface area contributed by atoms with E-state index in [2.05, 4.69) is 4.98 Å². The largest absolute Gasteiger partial charge is 0.384 e. The molecule has 0 unspecified atom stereocenters. The average molecular weight is 203 g/mol. The average Bonchev–Trinajstić information content (AvgIpc) is 2.71. The van der Waals surface area contributed by atoms with Crippen molar-refractivity contribution < 1.29 is 0 Å². The minimum atomic E-state index is 0.0853. The topological polar surface area (TPSA) is 62.8 Å². The number of thiazole rings is 1. The van der Waals surface area contributed by atoms with Crippen molar-refractivity contribution in [3.63, 3.8) is 0 Å². The molecule has 14 heavy (non-hydrogen) atoms. The van der Waals surface area contributed by atoms with Crippen molar-refractivity contribution in [3.8, 4) is 11.3 Å². The van der Waals surface area contributed by atoms with Crippen molar-refractivity contribution in [3.05, 3.63) is 40.7 Å². The first kappa shape index (κ1) is 8.90. The number of nitrogens with one attached hydrogen (secondary N) is 1. The zero-order valence-electron chi connectivity index (χ0n) is 7.40. The van der Waals surface area contributed by atoms with E-state index in [0.717, 1.165) is 16.8 Å². The second-order valence-corrected chi connectivity index (χ2v) is 3.59. The monoisotopic (exact) mass is 203 g/mol. The number of aromatic nitrogens is 1. The lowest BCUT2D eigenvalue weighted by Gasteiger charge is -2.00. The molecule has 0 fully saturated rings. The van der Waals surface area contributed by atoms with Gasteiger partial charge in [0.2, 0.25) is 0 Å². The van der Waals surface area contributed by atoms with Crippen molar-refractivity contribution in [2.24, 2.45) is 5.73 Å². The highest BCUT2D eigenvalue weighted by Crippen LogP contribution is 2.19. The van der Waals surface area contributed by atoms with Gasteiger partial charge >= 0.3 is 0 Å². The fourth-order valence-electron chi connectivity index (χ4n) is 1.20. The van der Waals surface area contributed by atoms with Crippen molar-refractivity contribution in [1.82, 2.24) is 4.98 Å². The third kappa shape index (κ3) is 1.65. The summed E-state index contributed by atoms with van der Waals surface area (Å²) in [5.41, 5.74) is 9.85. The number of nitrogens with zero attached hydrogens (tertiary/aromatic N) is 1. The zero-order chi connectivity index (χ0) is 9.97. The Morgan fingerprint density at radius 3 is 2.93 bits per heavy atom. The zero-order valence-corrected chi connectivity index (χ0v) is 8.21. The SMILES string of the molecule is N=C(N)c1cccc(-c2cscn2)c1. The summed E-state index contributed by atoms with van der Waals surface area (Å²) >= 11 is 1.55. The highest BCUT2D eigenvalue weighted by molar-refractivity contribution is 7.07. The molecule has 3 nitrogen and oxygen atoms in total. The van der Waals surface area contributed by atoms with Gasteiger partial charge in [-0.1, -0.05) is 18.2 Å². The van der Waals surface area contributed by atoms with Crippen molar-refractivity contribution >= 4 is 17.2 Å². The van der Waals surface area contributed by atoms with Gasteiger partial charge in [0.25, 0.3) is 0 Å². The summed E-state index contributed by atoms with van der Waals surface area (Å²) < 4.78 is 0. The molecule has 0 saturated carbocycles. The van der Waals surface area contributed by atoms with E-state index in [9.17, 15) is 0 Å². The van der Waals surface area contributed by atoms with Crippen LogP contribution >= 0.6 is 11.3 Å². The van der Waals surface area contributed by atoms with Gasteiger partial charge in [0.15, 0.2) is 0 Å². The van der Waals surface area contributed by atoms with E-state index in [4.69, 9.17) is 11.1 Å². The third-order valence-corrected chi connectivity index (χ3v) is 2.49. The molecule has 0 spiro atoms. The summed E-state index contributed by atoms with van der Waals surface area (Å²) in [6.07, 6.45) is 0. The van der Waals surface area contributed by atoms with E-state index in [1.54, 1.807) is 16.8 Å². The van der Waals surface area contributed by atoms with E-state index < -0.39 is 0 Å². The summed E-state index contributed by atoms with van der Waals surface area (Å²) in [5, 5.41) is 9.29. The molecule has 0 aliphatic carbocycles. The van der Waals surface area contributed by atoms with Gasteiger partial charge in [0, 0.05) is 16.5 Å². The lowest BCUT2D eigenvalue weighted by Crippen LogP contribution is -2.10. The molecule has 1 aromatic carbocycles. The van der Waals surface area contributed by atoms with Crippen LogP contribution in [0.25, 0.3) is 11.3 Å². The first-order valence-electron chi connectivity index (χ1n) is 4.10. The fraction of sp³-hybridized carbons (Fsp3) is 0. The Hall–Kier alpha value is -1.68. The van der Waals surface area contributed by atoms with Crippen LogP contribution in [0, 0.1) is 5.41 Å². The van der Waals surface area contributed by atoms with Crippen LogP contribution in [-0.2, 0) is 0 Å². The number of hydrogen-bond acceptors (Lipinski definition) is 3. The van der Waals surface area contributed by atoms with Crippen LogP contribution < -0.4 is 5.73 Å². The van der Waals surface area contributed by atoms with Gasteiger partial charge in [0.1, 0.15) is 5.84 Å². The maximum Gasteiger partial charge on any atom is 0.122 e. The van der Waals surface area contributed by atoms with Crippen LogP contribution in [0.2, 0.25) is 0 Å². The lowest BCUT2D eigenvalue weighted by molar-refractivity contribution is 1.39. The third-order valence-electron chi connectivity index (χ3n) is 1.90. The van der Waals surface area contributed by atoms with Crippen LogP contribution in [0.4, 0.5) is 0 Å². The summed E-state index contributed by atoms with van der Waals surface area (Å²) in [6, 6.07) is 7.53. The summed E-state index contributed by atoms with van der Waals surface area (Å²) in [4.78, 5) is 4.19. The molecule has 0 aliphatic rings. The number of benzene rings is 1. The number of nitrogens with two attached hydrogens (primary N) is 1. The van der Waals surface area contributed by atoms with E-state index in [1.165, 1.54) is 0 Å². The maximum absolute atomic E-state index is 7.32. The Morgan fingerprint density at radius 1 is 1.43 bits per heavy atom. The normalized spacial score (nSPS) is 10.0. The van der Waals surface area contributed by atoms with Gasteiger partial charge in [-0.05, 0) is 6.07 Å². The van der Waals surface area contributed by atoms with Crippen molar-refractivity contribution in [1.29, 1.82) is 5.41 Å². The van der Waals surface area contributed by atoms with Crippen molar-refractivity contribution in [2.75, 3.05) is 0 Å². The minimum Gasteiger partial charge on any atom is -0.384 e. The van der Waals surface area contributed by atoms with Crippen LogP contribution in [-0.4, -0.2) is 10.8 Å². The maximum atomic E-state index is 7.32. The predicted octanol–water partition coefficient (Wildman–Crippen LogP) is 2.09. The Kier molecular flexibility index (Phi) is 2.28. The fourth-order valence-corrected chi connectivity index (χ4v) is 1.76. The Morgan fingerprint density at radius 2 is 2.29 bits per heavy atom. The lowest BCUT2D eigenvalue weighted by atomic mass is 10.1. The first-order valence-corrected chi connectivity index (χ1v) is 5.04. The molecule has 0 bridgehead atoms. The number of rotatable bonds is 2. The molecule has 0 atom stereocenters. The minimum absolute atomic E-state index is 0.0853. The second-order valence-electron chi connectivity index (χ2n) is 2.87. The quantitative estimate of drug-likeness (QED) is 0.580. The van der Waals surface area contributed by atoms with Crippen molar-refractivity contribution in [2.45, 2.75) is 0 Å². The Balaban J connectivity index is 2.46. The molecule has 2 rings (SSSR count). The molecule has 3 N–H and O–H groups in total. The second kappa shape index (κ2) is 3.59. The first-order chi connectivity index (χ1) is 6.77. The van der Waals surface area contributed by atoms with Gasteiger partial charge in [0.05, 0.1) is 11.2 Å². The standard InChI is InChI=1S/C10H9N3S/c11-10(12)8-3-1-2-7(4-8)9-5-14-6-13-9/h1-6H,(H3,11,12). The highest BCUT2D eigenvalue weighted by atomic mass is 32.1. The molecule has 2 aromatic rings.